The maximum absolute atomic E-state index is 10.1. The average molecular weight is 228 g/mol. The zero-order valence-electron chi connectivity index (χ0n) is 10.7. The Kier molecular flexibility index (Phi) is 4.53. The third-order valence-corrected chi connectivity index (χ3v) is 3.34. The van der Waals surface area contributed by atoms with Gasteiger partial charge in [-0.15, -0.1) is 6.58 Å². The van der Waals surface area contributed by atoms with E-state index < -0.39 is 5.79 Å². The first-order valence-electron chi connectivity index (χ1n) is 5.96. The fraction of sp³-hybridized carbons (Fsp3) is 0.846. The lowest BCUT2D eigenvalue weighted by atomic mass is 9.80. The summed E-state index contributed by atoms with van der Waals surface area (Å²) in [5, 5.41) is 10.1. The highest BCUT2D eigenvalue weighted by atomic mass is 16.7. The second-order valence-corrected chi connectivity index (χ2v) is 5.37. The molecule has 0 aromatic rings. The van der Waals surface area contributed by atoms with Gasteiger partial charge in [0.05, 0.1) is 19.3 Å². The van der Waals surface area contributed by atoms with Gasteiger partial charge in [-0.1, -0.05) is 19.9 Å². The van der Waals surface area contributed by atoms with Crippen molar-refractivity contribution < 1.29 is 14.6 Å². The number of hydrogen-bond donors (Lipinski definition) is 1. The lowest BCUT2D eigenvalue weighted by molar-refractivity contribution is -0.153. The first-order chi connectivity index (χ1) is 7.40. The van der Waals surface area contributed by atoms with E-state index in [1.807, 2.05) is 13.0 Å². The van der Waals surface area contributed by atoms with Crippen LogP contribution in [0.3, 0.4) is 0 Å². The molecule has 94 valence electrons. The largest absolute Gasteiger partial charge is 0.393 e. The van der Waals surface area contributed by atoms with Crippen LogP contribution in [-0.2, 0) is 9.47 Å². The summed E-state index contributed by atoms with van der Waals surface area (Å²) in [6.45, 7) is 11.1. The Morgan fingerprint density at radius 1 is 1.44 bits per heavy atom. The molecular formula is C13H24O3. The molecule has 0 unspecified atom stereocenters. The topological polar surface area (TPSA) is 38.7 Å². The molecule has 3 nitrogen and oxygen atoms in total. The summed E-state index contributed by atoms with van der Waals surface area (Å²) < 4.78 is 11.0. The molecular weight excluding hydrogens is 204 g/mol. The molecule has 0 aromatic heterocycles. The normalized spacial score (nSPS) is 22.0. The average Bonchev–Trinajstić information content (AvgIpc) is 2.62. The van der Waals surface area contributed by atoms with Gasteiger partial charge in [-0.3, -0.25) is 0 Å². The van der Waals surface area contributed by atoms with Crippen molar-refractivity contribution in [1.82, 2.24) is 0 Å². The smallest absolute Gasteiger partial charge is 0.165 e. The molecule has 0 bridgehead atoms. The van der Waals surface area contributed by atoms with Crippen LogP contribution in [0, 0.1) is 5.41 Å². The van der Waals surface area contributed by atoms with Gasteiger partial charge in [0.1, 0.15) is 0 Å². The van der Waals surface area contributed by atoms with Crippen LogP contribution in [0.2, 0.25) is 0 Å². The van der Waals surface area contributed by atoms with Crippen molar-refractivity contribution in [1.29, 1.82) is 0 Å². The summed E-state index contributed by atoms with van der Waals surface area (Å²) in [4.78, 5) is 0. The van der Waals surface area contributed by atoms with Crippen molar-refractivity contribution in [3.05, 3.63) is 12.7 Å². The van der Waals surface area contributed by atoms with Crippen molar-refractivity contribution in [2.45, 2.75) is 51.9 Å². The number of hydrogen-bond acceptors (Lipinski definition) is 3. The van der Waals surface area contributed by atoms with Crippen LogP contribution in [0.1, 0.15) is 40.0 Å². The predicted octanol–water partition coefficient (Wildman–Crippen LogP) is 2.49. The predicted molar refractivity (Wildman–Crippen MR) is 64.1 cm³/mol. The van der Waals surface area contributed by atoms with Crippen LogP contribution in [0.25, 0.3) is 0 Å². The summed E-state index contributed by atoms with van der Waals surface area (Å²) >= 11 is 0. The first kappa shape index (κ1) is 13.7. The third-order valence-electron chi connectivity index (χ3n) is 3.34. The highest BCUT2D eigenvalue weighted by Crippen LogP contribution is 2.32. The molecule has 3 heteroatoms. The Labute approximate surface area is 98.4 Å². The minimum atomic E-state index is -0.495. The molecule has 1 aliphatic rings. The van der Waals surface area contributed by atoms with Gasteiger partial charge in [0, 0.05) is 6.42 Å². The number of aliphatic hydroxyl groups is 1. The van der Waals surface area contributed by atoms with E-state index in [1.165, 1.54) is 0 Å². The fourth-order valence-electron chi connectivity index (χ4n) is 2.00. The fourth-order valence-corrected chi connectivity index (χ4v) is 2.00. The summed E-state index contributed by atoms with van der Waals surface area (Å²) in [6.07, 6.45) is 3.74. The van der Waals surface area contributed by atoms with Crippen LogP contribution < -0.4 is 0 Å². The van der Waals surface area contributed by atoms with Crippen molar-refractivity contribution >= 4 is 0 Å². The van der Waals surface area contributed by atoms with Gasteiger partial charge in [-0.2, -0.15) is 0 Å². The van der Waals surface area contributed by atoms with Gasteiger partial charge in [0.25, 0.3) is 0 Å². The highest BCUT2D eigenvalue weighted by molar-refractivity contribution is 4.86. The maximum atomic E-state index is 10.1. The SMILES string of the molecule is C=CCC(C)(C)[C@H](O)CCC1(C)OCCO1. The van der Waals surface area contributed by atoms with Crippen LogP contribution in [-0.4, -0.2) is 30.2 Å². The second kappa shape index (κ2) is 5.30. The Morgan fingerprint density at radius 2 is 2.00 bits per heavy atom. The zero-order valence-corrected chi connectivity index (χ0v) is 10.7. The Bertz CT molecular complexity index is 229. The van der Waals surface area contributed by atoms with Crippen molar-refractivity contribution in [3.8, 4) is 0 Å². The number of allylic oxidation sites excluding steroid dienone is 1. The van der Waals surface area contributed by atoms with E-state index in [0.29, 0.717) is 19.6 Å². The molecule has 0 saturated carbocycles. The van der Waals surface area contributed by atoms with Gasteiger partial charge >= 0.3 is 0 Å². The number of ether oxygens (including phenoxy) is 2. The molecule has 1 N–H and O–H groups in total. The summed E-state index contributed by atoms with van der Waals surface area (Å²) in [5.74, 6) is -0.495. The summed E-state index contributed by atoms with van der Waals surface area (Å²) in [6, 6.07) is 0. The second-order valence-electron chi connectivity index (χ2n) is 5.37. The Balaban J connectivity index is 2.39. The molecule has 0 aliphatic carbocycles. The molecule has 1 saturated heterocycles. The van der Waals surface area contributed by atoms with E-state index in [9.17, 15) is 5.11 Å². The molecule has 1 rings (SSSR count). The van der Waals surface area contributed by atoms with E-state index in [1.54, 1.807) is 0 Å². The lowest BCUT2D eigenvalue weighted by Crippen LogP contribution is -2.33. The molecule has 1 fully saturated rings. The minimum absolute atomic E-state index is 0.128. The van der Waals surface area contributed by atoms with Crippen molar-refractivity contribution in [3.63, 3.8) is 0 Å². The Hall–Kier alpha value is -0.380. The number of aliphatic hydroxyl groups excluding tert-OH is 1. The lowest BCUT2D eigenvalue weighted by Gasteiger charge is -2.32. The van der Waals surface area contributed by atoms with Gasteiger partial charge in [0.2, 0.25) is 0 Å². The van der Waals surface area contributed by atoms with Gasteiger partial charge < -0.3 is 14.6 Å². The molecule has 0 amide bonds. The van der Waals surface area contributed by atoms with Gasteiger partial charge in [-0.25, -0.2) is 0 Å². The van der Waals surface area contributed by atoms with E-state index in [-0.39, 0.29) is 11.5 Å². The maximum Gasteiger partial charge on any atom is 0.165 e. The van der Waals surface area contributed by atoms with E-state index in [2.05, 4.69) is 20.4 Å². The van der Waals surface area contributed by atoms with Crippen LogP contribution >= 0.6 is 0 Å². The molecule has 1 aliphatic heterocycles. The molecule has 1 atom stereocenters. The van der Waals surface area contributed by atoms with Crippen molar-refractivity contribution in [2.75, 3.05) is 13.2 Å². The minimum Gasteiger partial charge on any atom is -0.393 e. The van der Waals surface area contributed by atoms with Crippen LogP contribution in [0.5, 0.6) is 0 Å². The summed E-state index contributed by atoms with van der Waals surface area (Å²) in [7, 11) is 0. The molecule has 0 radical (unpaired) electrons. The monoisotopic (exact) mass is 228 g/mol. The molecule has 0 spiro atoms. The highest BCUT2D eigenvalue weighted by Gasteiger charge is 2.34. The van der Waals surface area contributed by atoms with Gasteiger partial charge in [0.15, 0.2) is 5.79 Å². The summed E-state index contributed by atoms with van der Waals surface area (Å²) in [5.41, 5.74) is -0.128. The van der Waals surface area contributed by atoms with E-state index in [4.69, 9.17) is 9.47 Å². The standard InChI is InChI=1S/C13H24O3/c1-5-7-12(2,3)11(14)6-8-13(4)15-9-10-16-13/h5,11,14H,1,6-10H2,2-4H3/t11-/m1/s1. The molecule has 16 heavy (non-hydrogen) atoms. The van der Waals surface area contributed by atoms with Crippen LogP contribution in [0.15, 0.2) is 12.7 Å². The number of rotatable bonds is 6. The molecule has 0 aromatic carbocycles. The van der Waals surface area contributed by atoms with E-state index >= 15 is 0 Å². The Morgan fingerprint density at radius 3 is 2.50 bits per heavy atom. The quantitative estimate of drug-likeness (QED) is 0.710. The third kappa shape index (κ3) is 3.58. The van der Waals surface area contributed by atoms with Crippen molar-refractivity contribution in [2.24, 2.45) is 5.41 Å². The zero-order chi connectivity index (χ0) is 12.2. The first-order valence-corrected chi connectivity index (χ1v) is 5.96. The molecule has 1 heterocycles. The van der Waals surface area contributed by atoms with Gasteiger partial charge in [-0.05, 0) is 25.2 Å². The van der Waals surface area contributed by atoms with E-state index in [0.717, 1.165) is 12.8 Å². The van der Waals surface area contributed by atoms with Crippen LogP contribution in [0.4, 0.5) is 0 Å².